The molecule has 0 saturated heterocycles. The van der Waals surface area contributed by atoms with E-state index in [1.54, 1.807) is 12.1 Å². The normalized spacial score (nSPS) is 10.3. The van der Waals surface area contributed by atoms with Gasteiger partial charge >= 0.3 is 0 Å². The minimum atomic E-state index is -0.175. The van der Waals surface area contributed by atoms with Gasteiger partial charge in [0.15, 0.2) is 0 Å². The van der Waals surface area contributed by atoms with Crippen LogP contribution in [0.15, 0.2) is 42.5 Å². The molecule has 0 aliphatic carbocycles. The van der Waals surface area contributed by atoms with Crippen LogP contribution in [-0.2, 0) is 0 Å². The van der Waals surface area contributed by atoms with Crippen LogP contribution in [0, 0.1) is 19.7 Å². The first-order valence-corrected chi connectivity index (χ1v) is 4.99. The van der Waals surface area contributed by atoms with Crippen molar-refractivity contribution in [3.63, 3.8) is 0 Å². The second-order valence-electron chi connectivity index (χ2n) is 3.89. The molecule has 0 spiro atoms. The summed E-state index contributed by atoms with van der Waals surface area (Å²) >= 11 is 0. The molecule has 0 atom stereocenters. The van der Waals surface area contributed by atoms with E-state index in [9.17, 15) is 4.39 Å². The average molecular weight is 200 g/mol. The molecule has 0 fully saturated rings. The highest BCUT2D eigenvalue weighted by molar-refractivity contribution is 5.64. The number of aryl methyl sites for hydroxylation is 2. The lowest BCUT2D eigenvalue weighted by atomic mass is 10.0. The van der Waals surface area contributed by atoms with Gasteiger partial charge < -0.3 is 0 Å². The van der Waals surface area contributed by atoms with Crippen LogP contribution in [0.25, 0.3) is 11.1 Å². The molecule has 0 saturated carbocycles. The van der Waals surface area contributed by atoms with E-state index in [1.807, 2.05) is 38.1 Å². The van der Waals surface area contributed by atoms with Gasteiger partial charge in [0.25, 0.3) is 0 Å². The van der Waals surface area contributed by atoms with Gasteiger partial charge in [-0.25, -0.2) is 4.39 Å². The zero-order valence-electron chi connectivity index (χ0n) is 8.92. The molecule has 1 heteroatoms. The third kappa shape index (κ3) is 2.24. The maximum atomic E-state index is 13.2. The van der Waals surface area contributed by atoms with E-state index in [1.165, 1.54) is 5.56 Å². The van der Waals surface area contributed by atoms with Crippen molar-refractivity contribution in [2.45, 2.75) is 13.8 Å². The van der Waals surface area contributed by atoms with Gasteiger partial charge in [-0.05, 0) is 42.7 Å². The molecule has 0 aliphatic rings. The van der Waals surface area contributed by atoms with Crippen LogP contribution in [0.2, 0.25) is 0 Å². The lowest BCUT2D eigenvalue weighted by Gasteiger charge is -2.04. The van der Waals surface area contributed by atoms with E-state index in [0.29, 0.717) is 0 Å². The van der Waals surface area contributed by atoms with Crippen LogP contribution >= 0.6 is 0 Å². The number of rotatable bonds is 1. The predicted octanol–water partition coefficient (Wildman–Crippen LogP) is 4.11. The van der Waals surface area contributed by atoms with Crippen LogP contribution in [0.4, 0.5) is 4.39 Å². The fourth-order valence-corrected chi connectivity index (χ4v) is 1.73. The highest BCUT2D eigenvalue weighted by Gasteiger charge is 2.00. The molecule has 0 amide bonds. The molecule has 0 bridgehead atoms. The topological polar surface area (TPSA) is 0 Å². The molecule has 76 valence electrons. The smallest absolute Gasteiger partial charge is 0.124 e. The minimum absolute atomic E-state index is 0.175. The molecule has 2 aromatic carbocycles. The lowest BCUT2D eigenvalue weighted by molar-refractivity contribution is 0.627. The van der Waals surface area contributed by atoms with E-state index in [4.69, 9.17) is 0 Å². The van der Waals surface area contributed by atoms with Crippen molar-refractivity contribution in [1.29, 1.82) is 0 Å². The second-order valence-corrected chi connectivity index (χ2v) is 3.89. The predicted molar refractivity (Wildman–Crippen MR) is 61.3 cm³/mol. The summed E-state index contributed by atoms with van der Waals surface area (Å²) < 4.78 is 13.2. The highest BCUT2D eigenvalue weighted by Crippen LogP contribution is 2.22. The number of hydrogen-bond donors (Lipinski definition) is 0. The van der Waals surface area contributed by atoms with Crippen molar-refractivity contribution in [2.75, 3.05) is 0 Å². The summed E-state index contributed by atoms with van der Waals surface area (Å²) in [6.07, 6.45) is 0. The maximum Gasteiger partial charge on any atom is 0.124 e. The van der Waals surface area contributed by atoms with Crippen molar-refractivity contribution in [3.8, 4) is 11.1 Å². The molecule has 0 radical (unpaired) electrons. The Morgan fingerprint density at radius 1 is 0.800 bits per heavy atom. The van der Waals surface area contributed by atoms with E-state index >= 15 is 0 Å². The Labute approximate surface area is 89.4 Å². The summed E-state index contributed by atoms with van der Waals surface area (Å²) in [6.45, 7) is 3.94. The van der Waals surface area contributed by atoms with Crippen LogP contribution in [0.1, 0.15) is 11.1 Å². The van der Waals surface area contributed by atoms with Crippen molar-refractivity contribution in [2.24, 2.45) is 0 Å². The van der Waals surface area contributed by atoms with Crippen molar-refractivity contribution in [1.82, 2.24) is 0 Å². The van der Waals surface area contributed by atoms with E-state index in [0.717, 1.165) is 16.7 Å². The molecule has 0 aliphatic heterocycles. The Morgan fingerprint density at radius 2 is 1.53 bits per heavy atom. The van der Waals surface area contributed by atoms with Gasteiger partial charge in [-0.2, -0.15) is 0 Å². The number of hydrogen-bond acceptors (Lipinski definition) is 0. The van der Waals surface area contributed by atoms with Crippen LogP contribution in [0.5, 0.6) is 0 Å². The Morgan fingerprint density at radius 3 is 2.20 bits per heavy atom. The zero-order chi connectivity index (χ0) is 10.8. The summed E-state index contributed by atoms with van der Waals surface area (Å²) in [7, 11) is 0. The second kappa shape index (κ2) is 3.85. The monoisotopic (exact) mass is 200 g/mol. The van der Waals surface area contributed by atoms with Gasteiger partial charge in [0.1, 0.15) is 5.82 Å². The molecule has 15 heavy (non-hydrogen) atoms. The van der Waals surface area contributed by atoms with Crippen LogP contribution in [0.3, 0.4) is 0 Å². The fraction of sp³-hybridized carbons (Fsp3) is 0.143. The zero-order valence-corrected chi connectivity index (χ0v) is 8.92. The first kappa shape index (κ1) is 9.91. The fourth-order valence-electron chi connectivity index (χ4n) is 1.73. The van der Waals surface area contributed by atoms with Gasteiger partial charge in [-0.1, -0.05) is 35.9 Å². The van der Waals surface area contributed by atoms with Gasteiger partial charge in [0.2, 0.25) is 0 Å². The summed E-state index contributed by atoms with van der Waals surface area (Å²) in [5.41, 5.74) is 4.15. The molecule has 2 rings (SSSR count). The molecule has 0 heterocycles. The summed E-state index contributed by atoms with van der Waals surface area (Å²) in [5.74, 6) is -0.175. The molecule has 0 aromatic heterocycles. The Bertz CT molecular complexity index is 466. The lowest BCUT2D eigenvalue weighted by Crippen LogP contribution is -1.83. The van der Waals surface area contributed by atoms with Crippen molar-refractivity contribution >= 4 is 0 Å². The van der Waals surface area contributed by atoms with Crippen LogP contribution in [-0.4, -0.2) is 0 Å². The molecule has 0 unspecified atom stereocenters. The van der Waals surface area contributed by atoms with Crippen molar-refractivity contribution < 1.29 is 4.39 Å². The molecule has 0 nitrogen and oxygen atoms in total. The van der Waals surface area contributed by atoms with Gasteiger partial charge in [-0.15, -0.1) is 0 Å². The highest BCUT2D eigenvalue weighted by atomic mass is 19.1. The maximum absolute atomic E-state index is 13.2. The SMILES string of the molecule is Cc1cccc(-c2cc(C)cc(F)c2)c1. The Hall–Kier alpha value is -1.63. The number of benzene rings is 2. The Balaban J connectivity index is 2.54. The van der Waals surface area contributed by atoms with Gasteiger partial charge in [0.05, 0.1) is 0 Å². The van der Waals surface area contributed by atoms with Gasteiger partial charge in [0, 0.05) is 0 Å². The van der Waals surface area contributed by atoms with E-state index < -0.39 is 0 Å². The number of halogens is 1. The standard InChI is InChI=1S/C14H13F/c1-10-4-3-5-12(6-10)13-7-11(2)8-14(15)9-13/h3-9H,1-2H3. The van der Waals surface area contributed by atoms with E-state index in [2.05, 4.69) is 6.07 Å². The first-order valence-electron chi connectivity index (χ1n) is 4.99. The largest absolute Gasteiger partial charge is 0.207 e. The minimum Gasteiger partial charge on any atom is -0.207 e. The summed E-state index contributed by atoms with van der Waals surface area (Å²) in [4.78, 5) is 0. The first-order chi connectivity index (χ1) is 7.15. The third-order valence-electron chi connectivity index (χ3n) is 2.39. The molecule has 0 N–H and O–H groups in total. The molecular weight excluding hydrogens is 187 g/mol. The molecular formula is C14H13F. The quantitative estimate of drug-likeness (QED) is 0.649. The van der Waals surface area contributed by atoms with E-state index in [-0.39, 0.29) is 5.82 Å². The summed E-state index contributed by atoms with van der Waals surface area (Å²) in [5, 5.41) is 0. The summed E-state index contributed by atoms with van der Waals surface area (Å²) in [6, 6.07) is 13.2. The third-order valence-corrected chi connectivity index (χ3v) is 2.39. The van der Waals surface area contributed by atoms with Crippen LogP contribution < -0.4 is 0 Å². The Kier molecular flexibility index (Phi) is 2.55. The van der Waals surface area contributed by atoms with Crippen molar-refractivity contribution in [3.05, 3.63) is 59.4 Å². The molecule has 2 aromatic rings. The average Bonchev–Trinajstić information content (AvgIpc) is 2.16. The van der Waals surface area contributed by atoms with Gasteiger partial charge in [-0.3, -0.25) is 0 Å².